The third kappa shape index (κ3) is 8.00. The number of amides is 3. The van der Waals surface area contributed by atoms with Crippen LogP contribution in [0.4, 0.5) is 15.2 Å². The van der Waals surface area contributed by atoms with Crippen molar-refractivity contribution < 1.29 is 18.8 Å². The van der Waals surface area contributed by atoms with Crippen molar-refractivity contribution in [3.05, 3.63) is 124 Å². The van der Waals surface area contributed by atoms with Gasteiger partial charge in [0, 0.05) is 21.5 Å². The van der Waals surface area contributed by atoms with E-state index in [-0.39, 0.29) is 17.4 Å². The molecule has 5 aromatic rings. The summed E-state index contributed by atoms with van der Waals surface area (Å²) in [6.45, 7) is 0. The molecule has 3 amide bonds. The molecule has 3 aromatic carbocycles. The molecule has 0 unspecified atom stereocenters. The first-order chi connectivity index (χ1) is 20.4. The van der Waals surface area contributed by atoms with E-state index >= 15 is 0 Å². The third-order valence-corrected chi connectivity index (χ3v) is 8.34. The van der Waals surface area contributed by atoms with Crippen LogP contribution in [0.15, 0.2) is 112 Å². The van der Waals surface area contributed by atoms with Crippen LogP contribution in [0, 0.1) is 5.82 Å². The molecule has 11 heteroatoms. The van der Waals surface area contributed by atoms with E-state index < -0.39 is 17.6 Å². The van der Waals surface area contributed by atoms with E-state index in [2.05, 4.69) is 20.9 Å². The lowest BCUT2D eigenvalue weighted by Crippen LogP contribution is -2.30. The van der Waals surface area contributed by atoms with Crippen LogP contribution < -0.4 is 16.0 Å². The molecule has 2 aromatic heterocycles. The molecule has 2 heterocycles. The Kier molecular flexibility index (Phi) is 9.55. The Labute approximate surface area is 253 Å². The Balaban J connectivity index is 1.23. The van der Waals surface area contributed by atoms with Crippen molar-refractivity contribution >= 4 is 69.1 Å². The molecule has 0 bridgehead atoms. The van der Waals surface area contributed by atoms with Crippen LogP contribution in [0.5, 0.6) is 0 Å². The molecule has 3 N–H and O–H groups in total. The summed E-state index contributed by atoms with van der Waals surface area (Å²) in [6, 6.07) is 25.0. The number of anilines is 2. The quantitative estimate of drug-likeness (QED) is 0.115. The molecule has 0 saturated carbocycles. The summed E-state index contributed by atoms with van der Waals surface area (Å²) in [5, 5.41) is 12.7. The van der Waals surface area contributed by atoms with E-state index in [9.17, 15) is 18.8 Å². The molecule has 5 rings (SSSR count). The highest BCUT2D eigenvalue weighted by molar-refractivity contribution is 8.00. The van der Waals surface area contributed by atoms with Gasteiger partial charge in [-0.3, -0.25) is 14.4 Å². The number of carbonyl (C=O) groups is 3. The minimum Gasteiger partial charge on any atom is -0.321 e. The van der Waals surface area contributed by atoms with Crippen molar-refractivity contribution in [1.29, 1.82) is 0 Å². The monoisotopic (exact) mass is 614 g/mol. The van der Waals surface area contributed by atoms with Gasteiger partial charge in [-0.1, -0.05) is 42.5 Å². The molecule has 0 aliphatic carbocycles. The van der Waals surface area contributed by atoms with Gasteiger partial charge in [-0.2, -0.15) is 0 Å². The van der Waals surface area contributed by atoms with Gasteiger partial charge in [-0.15, -0.1) is 34.4 Å². The second-order valence-electron chi connectivity index (χ2n) is 8.76. The van der Waals surface area contributed by atoms with Crippen LogP contribution in [-0.4, -0.2) is 28.5 Å². The number of thiazole rings is 1. The number of hydrogen-bond donors (Lipinski definition) is 3. The van der Waals surface area contributed by atoms with Crippen molar-refractivity contribution in [1.82, 2.24) is 10.3 Å². The lowest BCUT2D eigenvalue weighted by Gasteiger charge is -2.12. The van der Waals surface area contributed by atoms with E-state index in [0.29, 0.717) is 21.9 Å². The molecule has 0 fully saturated rings. The van der Waals surface area contributed by atoms with Gasteiger partial charge in [-0.25, -0.2) is 9.37 Å². The fourth-order valence-corrected chi connectivity index (χ4v) is 5.95. The number of carbonyl (C=O) groups excluding carboxylic acids is 3. The van der Waals surface area contributed by atoms with E-state index in [1.807, 2.05) is 29.0 Å². The maximum atomic E-state index is 13.4. The number of nitrogens with one attached hydrogen (secondary N) is 3. The largest absolute Gasteiger partial charge is 0.321 e. The Bertz CT molecular complexity index is 1720. The number of benzene rings is 3. The first kappa shape index (κ1) is 28.9. The summed E-state index contributed by atoms with van der Waals surface area (Å²) in [5.74, 6) is -1.49. The Morgan fingerprint density at radius 3 is 2.45 bits per heavy atom. The Morgan fingerprint density at radius 1 is 0.881 bits per heavy atom. The van der Waals surface area contributed by atoms with E-state index in [1.54, 1.807) is 59.9 Å². The summed E-state index contributed by atoms with van der Waals surface area (Å²) in [5.41, 5.74) is 2.21. The van der Waals surface area contributed by atoms with Crippen LogP contribution >= 0.6 is 34.4 Å². The van der Waals surface area contributed by atoms with E-state index in [1.165, 1.54) is 53.4 Å². The van der Waals surface area contributed by atoms with Crippen molar-refractivity contribution in [2.75, 3.05) is 16.4 Å². The molecular formula is C31H23FN4O3S3. The molecule has 0 spiro atoms. The van der Waals surface area contributed by atoms with Crippen LogP contribution in [0.25, 0.3) is 16.6 Å². The molecule has 210 valence electrons. The lowest BCUT2D eigenvalue weighted by atomic mass is 10.1. The topological polar surface area (TPSA) is 100 Å². The average Bonchev–Trinajstić information content (AvgIpc) is 3.70. The lowest BCUT2D eigenvalue weighted by molar-refractivity contribution is -0.114. The Hall–Kier alpha value is -4.58. The maximum Gasteiger partial charge on any atom is 0.272 e. The number of hydrogen-bond acceptors (Lipinski definition) is 7. The predicted octanol–water partition coefficient (Wildman–Crippen LogP) is 7.15. The molecule has 42 heavy (non-hydrogen) atoms. The third-order valence-electron chi connectivity index (χ3n) is 5.70. The van der Waals surface area contributed by atoms with Crippen molar-refractivity contribution in [3.63, 3.8) is 0 Å². The molecule has 7 nitrogen and oxygen atoms in total. The molecule has 0 radical (unpaired) electrons. The van der Waals surface area contributed by atoms with Gasteiger partial charge in [0.2, 0.25) is 5.91 Å². The number of aromatic nitrogens is 1. The van der Waals surface area contributed by atoms with Gasteiger partial charge in [-0.05, 0) is 65.6 Å². The summed E-state index contributed by atoms with van der Waals surface area (Å²) in [4.78, 5) is 44.9. The number of nitrogens with zero attached hydrogens (tertiary/aromatic N) is 1. The van der Waals surface area contributed by atoms with Crippen molar-refractivity contribution in [3.8, 4) is 10.6 Å². The van der Waals surface area contributed by atoms with Crippen molar-refractivity contribution in [2.24, 2.45) is 0 Å². The zero-order valence-corrected chi connectivity index (χ0v) is 24.3. The van der Waals surface area contributed by atoms with Gasteiger partial charge in [0.05, 0.1) is 16.3 Å². The van der Waals surface area contributed by atoms with Crippen LogP contribution in [0.1, 0.15) is 15.9 Å². The molecule has 0 saturated heterocycles. The number of halogens is 1. The second-order valence-corrected chi connectivity index (χ2v) is 11.6. The molecule has 0 aliphatic rings. The zero-order chi connectivity index (χ0) is 29.3. The fraction of sp³-hybridized carbons (Fsp3) is 0.0323. The van der Waals surface area contributed by atoms with E-state index in [4.69, 9.17) is 0 Å². The maximum absolute atomic E-state index is 13.4. The molecule has 0 atom stereocenters. The highest BCUT2D eigenvalue weighted by atomic mass is 32.2. The molecular weight excluding hydrogens is 592 g/mol. The average molecular weight is 615 g/mol. The molecule has 0 aliphatic heterocycles. The summed E-state index contributed by atoms with van der Waals surface area (Å²) < 4.78 is 13.4. The van der Waals surface area contributed by atoms with Gasteiger partial charge >= 0.3 is 0 Å². The fourth-order valence-electron chi connectivity index (χ4n) is 3.70. The SMILES string of the molecule is O=C(CSc1cccc(NC(=O)/C(=C/c2ccc(F)cc2)NC(=O)c2ccccc2)c1)Nc1nc(-c2cccs2)cs1. The zero-order valence-electron chi connectivity index (χ0n) is 21.9. The normalized spacial score (nSPS) is 11.1. The van der Waals surface area contributed by atoms with E-state index in [0.717, 1.165) is 15.5 Å². The second kappa shape index (κ2) is 13.9. The number of thiophene rings is 1. The smallest absolute Gasteiger partial charge is 0.272 e. The summed E-state index contributed by atoms with van der Waals surface area (Å²) in [7, 11) is 0. The van der Waals surface area contributed by atoms with Gasteiger partial charge in [0.1, 0.15) is 11.5 Å². The van der Waals surface area contributed by atoms with Crippen LogP contribution in [-0.2, 0) is 9.59 Å². The van der Waals surface area contributed by atoms with Gasteiger partial charge in [0.25, 0.3) is 11.8 Å². The Morgan fingerprint density at radius 2 is 1.69 bits per heavy atom. The van der Waals surface area contributed by atoms with Gasteiger partial charge < -0.3 is 16.0 Å². The predicted molar refractivity (Wildman–Crippen MR) is 168 cm³/mol. The summed E-state index contributed by atoms with van der Waals surface area (Å²) in [6.07, 6.45) is 1.47. The highest BCUT2D eigenvalue weighted by Crippen LogP contribution is 2.29. The van der Waals surface area contributed by atoms with Crippen LogP contribution in [0.2, 0.25) is 0 Å². The number of thioether (sulfide) groups is 1. The summed E-state index contributed by atoms with van der Waals surface area (Å²) >= 11 is 4.26. The van der Waals surface area contributed by atoms with Crippen LogP contribution in [0.3, 0.4) is 0 Å². The highest BCUT2D eigenvalue weighted by Gasteiger charge is 2.16. The first-order valence-electron chi connectivity index (χ1n) is 12.6. The first-order valence-corrected chi connectivity index (χ1v) is 15.3. The standard InChI is InChI=1S/C31H23FN4O3S3/c32-22-13-11-20(12-14-22)16-25(34-29(38)21-6-2-1-3-7-21)30(39)33-23-8-4-9-24(17-23)41-19-28(37)36-31-35-26(18-42-31)27-10-5-15-40-27/h1-18H,19H2,(H,33,39)(H,34,38)(H,35,36,37)/b25-16-. The van der Waals surface area contributed by atoms with Crippen molar-refractivity contribution in [2.45, 2.75) is 4.90 Å². The minimum absolute atomic E-state index is 0.0155. The minimum atomic E-state index is -0.561. The number of rotatable bonds is 10. The van der Waals surface area contributed by atoms with Gasteiger partial charge in [0.15, 0.2) is 5.13 Å².